The van der Waals surface area contributed by atoms with Crippen molar-refractivity contribution in [2.75, 3.05) is 11.9 Å². The maximum absolute atomic E-state index is 12.0. The van der Waals surface area contributed by atoms with E-state index < -0.39 is 0 Å². The molecule has 0 aliphatic carbocycles. The summed E-state index contributed by atoms with van der Waals surface area (Å²) in [5.41, 5.74) is 1.49. The molecule has 0 fully saturated rings. The van der Waals surface area contributed by atoms with Crippen LogP contribution in [-0.2, 0) is 0 Å². The number of aromatic nitrogens is 3. The zero-order valence-electron chi connectivity index (χ0n) is 13.3. The topological polar surface area (TPSA) is 92.9 Å². The second-order valence-corrected chi connectivity index (χ2v) is 6.24. The molecule has 0 saturated carbocycles. The molecule has 2 aromatic heterocycles. The Labute approximate surface area is 143 Å². The summed E-state index contributed by atoms with van der Waals surface area (Å²) in [6.45, 7) is 4.29. The van der Waals surface area contributed by atoms with Gasteiger partial charge in [-0.3, -0.25) is 0 Å². The standard InChI is InChI=1S/C16H17N5O2S/c1-10(15-17-7-8-24-15)9-18-16(22)19-13-5-3-12(4-6-13)14-21-20-11(2)23-14/h3-8,10H,9H2,1-2H3,(H2,18,19,22)/t10-/m1/s1. The van der Waals surface area contributed by atoms with Crippen molar-refractivity contribution >= 4 is 23.1 Å². The third-order valence-corrected chi connectivity index (χ3v) is 4.36. The Kier molecular flexibility index (Phi) is 4.85. The van der Waals surface area contributed by atoms with Gasteiger partial charge in [-0.1, -0.05) is 6.92 Å². The molecule has 24 heavy (non-hydrogen) atoms. The molecule has 1 aromatic carbocycles. The molecular formula is C16H17N5O2S. The number of hydrogen-bond donors (Lipinski definition) is 2. The molecule has 2 amide bonds. The summed E-state index contributed by atoms with van der Waals surface area (Å²) in [5, 5.41) is 16.3. The Hall–Kier alpha value is -2.74. The number of urea groups is 1. The first-order valence-corrected chi connectivity index (χ1v) is 8.34. The Morgan fingerprint density at radius 2 is 2.08 bits per heavy atom. The predicted octanol–water partition coefficient (Wildman–Crippen LogP) is 3.43. The quantitative estimate of drug-likeness (QED) is 0.740. The van der Waals surface area contributed by atoms with E-state index in [1.54, 1.807) is 36.6 Å². The van der Waals surface area contributed by atoms with Crippen LogP contribution in [0, 0.1) is 6.92 Å². The fourth-order valence-corrected chi connectivity index (χ4v) is 2.79. The van der Waals surface area contributed by atoms with Gasteiger partial charge in [0.25, 0.3) is 0 Å². The van der Waals surface area contributed by atoms with Crippen molar-refractivity contribution in [3.63, 3.8) is 0 Å². The van der Waals surface area contributed by atoms with Crippen LogP contribution in [0.3, 0.4) is 0 Å². The lowest BCUT2D eigenvalue weighted by molar-refractivity contribution is 0.251. The van der Waals surface area contributed by atoms with Gasteiger partial charge in [-0.15, -0.1) is 21.5 Å². The minimum absolute atomic E-state index is 0.180. The summed E-state index contributed by atoms with van der Waals surface area (Å²) < 4.78 is 5.36. The number of thiazole rings is 1. The first-order chi connectivity index (χ1) is 11.6. The summed E-state index contributed by atoms with van der Waals surface area (Å²) in [6, 6.07) is 6.97. The maximum atomic E-state index is 12.0. The van der Waals surface area contributed by atoms with Crippen LogP contribution in [0.5, 0.6) is 0 Å². The molecule has 2 N–H and O–H groups in total. The smallest absolute Gasteiger partial charge is 0.319 e. The fraction of sp³-hybridized carbons (Fsp3) is 0.250. The molecule has 0 unspecified atom stereocenters. The number of nitrogens with one attached hydrogen (secondary N) is 2. The second kappa shape index (κ2) is 7.22. The lowest BCUT2D eigenvalue weighted by Crippen LogP contribution is -2.31. The average molecular weight is 343 g/mol. The lowest BCUT2D eigenvalue weighted by Gasteiger charge is -2.11. The normalized spacial score (nSPS) is 11.9. The molecule has 3 rings (SSSR count). The molecule has 124 valence electrons. The summed E-state index contributed by atoms with van der Waals surface area (Å²) in [6.07, 6.45) is 1.77. The van der Waals surface area contributed by atoms with E-state index >= 15 is 0 Å². The summed E-state index contributed by atoms with van der Waals surface area (Å²) in [4.78, 5) is 16.2. The van der Waals surface area contributed by atoms with Gasteiger partial charge < -0.3 is 15.1 Å². The molecule has 0 saturated heterocycles. The van der Waals surface area contributed by atoms with Crippen LogP contribution in [0.1, 0.15) is 23.7 Å². The highest BCUT2D eigenvalue weighted by molar-refractivity contribution is 7.09. The first-order valence-electron chi connectivity index (χ1n) is 7.46. The number of carbonyl (C=O) groups excluding carboxylic acids is 1. The molecule has 3 aromatic rings. The number of aryl methyl sites for hydroxylation is 1. The Morgan fingerprint density at radius 3 is 2.71 bits per heavy atom. The summed E-state index contributed by atoms with van der Waals surface area (Å²) in [5.74, 6) is 1.15. The highest BCUT2D eigenvalue weighted by Crippen LogP contribution is 2.20. The highest BCUT2D eigenvalue weighted by atomic mass is 32.1. The number of hydrogen-bond acceptors (Lipinski definition) is 6. The monoisotopic (exact) mass is 343 g/mol. The third-order valence-electron chi connectivity index (χ3n) is 3.36. The van der Waals surface area contributed by atoms with Crippen LogP contribution in [-0.4, -0.2) is 27.8 Å². The van der Waals surface area contributed by atoms with E-state index in [1.807, 2.05) is 24.4 Å². The van der Waals surface area contributed by atoms with E-state index in [1.165, 1.54) is 0 Å². The van der Waals surface area contributed by atoms with Crippen LogP contribution in [0.2, 0.25) is 0 Å². The number of anilines is 1. The van der Waals surface area contributed by atoms with E-state index in [0.29, 0.717) is 24.0 Å². The molecule has 7 nitrogen and oxygen atoms in total. The van der Waals surface area contributed by atoms with Gasteiger partial charge in [-0.05, 0) is 24.3 Å². The van der Waals surface area contributed by atoms with Crippen molar-refractivity contribution in [3.05, 3.63) is 46.7 Å². The van der Waals surface area contributed by atoms with Gasteiger partial charge in [-0.2, -0.15) is 0 Å². The molecular weight excluding hydrogens is 326 g/mol. The molecule has 1 atom stereocenters. The lowest BCUT2D eigenvalue weighted by atomic mass is 10.2. The molecule has 8 heteroatoms. The maximum Gasteiger partial charge on any atom is 0.319 e. The van der Waals surface area contributed by atoms with E-state index in [2.05, 4.69) is 25.8 Å². The van der Waals surface area contributed by atoms with E-state index in [9.17, 15) is 4.79 Å². The Balaban J connectivity index is 1.53. The van der Waals surface area contributed by atoms with Crippen LogP contribution in [0.25, 0.3) is 11.5 Å². The van der Waals surface area contributed by atoms with Gasteiger partial charge in [0.2, 0.25) is 11.8 Å². The molecule has 2 heterocycles. The van der Waals surface area contributed by atoms with Crippen molar-refractivity contribution in [2.24, 2.45) is 0 Å². The minimum Gasteiger partial charge on any atom is -0.421 e. The third kappa shape index (κ3) is 3.96. The van der Waals surface area contributed by atoms with Crippen molar-refractivity contribution in [1.29, 1.82) is 0 Å². The van der Waals surface area contributed by atoms with Crippen molar-refractivity contribution in [3.8, 4) is 11.5 Å². The van der Waals surface area contributed by atoms with Gasteiger partial charge in [0.1, 0.15) is 0 Å². The molecule has 0 spiro atoms. The largest absolute Gasteiger partial charge is 0.421 e. The molecule has 0 aliphatic heterocycles. The Morgan fingerprint density at radius 1 is 1.29 bits per heavy atom. The number of rotatable bonds is 5. The van der Waals surface area contributed by atoms with Crippen molar-refractivity contribution in [2.45, 2.75) is 19.8 Å². The average Bonchev–Trinajstić information content (AvgIpc) is 3.25. The van der Waals surface area contributed by atoms with Crippen LogP contribution < -0.4 is 10.6 Å². The van der Waals surface area contributed by atoms with E-state index in [-0.39, 0.29) is 11.9 Å². The van der Waals surface area contributed by atoms with Gasteiger partial charge in [0.15, 0.2) is 0 Å². The van der Waals surface area contributed by atoms with Gasteiger partial charge in [-0.25, -0.2) is 9.78 Å². The number of nitrogens with zero attached hydrogens (tertiary/aromatic N) is 3. The van der Waals surface area contributed by atoms with Crippen LogP contribution in [0.4, 0.5) is 10.5 Å². The van der Waals surface area contributed by atoms with Crippen molar-refractivity contribution in [1.82, 2.24) is 20.5 Å². The molecule has 0 radical (unpaired) electrons. The zero-order valence-corrected chi connectivity index (χ0v) is 14.1. The fourth-order valence-electron chi connectivity index (χ4n) is 2.10. The molecule has 0 aliphatic rings. The van der Waals surface area contributed by atoms with Crippen LogP contribution >= 0.6 is 11.3 Å². The van der Waals surface area contributed by atoms with Gasteiger partial charge in [0, 0.05) is 42.2 Å². The van der Waals surface area contributed by atoms with Crippen molar-refractivity contribution < 1.29 is 9.21 Å². The second-order valence-electron chi connectivity index (χ2n) is 5.31. The van der Waals surface area contributed by atoms with Gasteiger partial charge in [0.05, 0.1) is 5.01 Å². The number of amides is 2. The minimum atomic E-state index is -0.250. The van der Waals surface area contributed by atoms with E-state index in [0.717, 1.165) is 10.6 Å². The number of benzene rings is 1. The molecule has 0 bridgehead atoms. The Bertz CT molecular complexity index is 798. The first kappa shape index (κ1) is 16.1. The summed E-state index contributed by atoms with van der Waals surface area (Å²) in [7, 11) is 0. The zero-order chi connectivity index (χ0) is 16.9. The number of carbonyl (C=O) groups is 1. The highest BCUT2D eigenvalue weighted by Gasteiger charge is 2.10. The van der Waals surface area contributed by atoms with Gasteiger partial charge >= 0.3 is 6.03 Å². The summed E-state index contributed by atoms with van der Waals surface area (Å²) >= 11 is 1.59. The van der Waals surface area contributed by atoms with E-state index in [4.69, 9.17) is 4.42 Å². The SMILES string of the molecule is Cc1nnc(-c2ccc(NC(=O)NC[C@@H](C)c3nccs3)cc2)o1. The predicted molar refractivity (Wildman–Crippen MR) is 92.0 cm³/mol. The van der Waals surface area contributed by atoms with Crippen LogP contribution in [0.15, 0.2) is 40.3 Å².